The molecule has 0 spiro atoms. The Morgan fingerprint density at radius 1 is 1.33 bits per heavy atom. The molecule has 2 N–H and O–H groups in total. The van der Waals surface area contributed by atoms with Gasteiger partial charge >= 0.3 is 0 Å². The van der Waals surface area contributed by atoms with Crippen LogP contribution < -0.4 is 5.73 Å². The van der Waals surface area contributed by atoms with E-state index in [1.807, 2.05) is 0 Å². The lowest BCUT2D eigenvalue weighted by Crippen LogP contribution is -2.40. The molecule has 0 radical (unpaired) electrons. The van der Waals surface area contributed by atoms with Crippen LogP contribution in [0, 0.1) is 6.92 Å². The van der Waals surface area contributed by atoms with Crippen LogP contribution in [0.25, 0.3) is 0 Å². The SMILES string of the molecule is Cc1c(N)cc(Cl)cc1S(=O)(=O)N1CCOCC1. The van der Waals surface area contributed by atoms with E-state index in [9.17, 15) is 8.42 Å². The first-order chi connectivity index (χ1) is 8.43. The fourth-order valence-electron chi connectivity index (χ4n) is 1.87. The Kier molecular flexibility index (Phi) is 3.82. The molecule has 1 aliphatic rings. The molecule has 1 heterocycles. The summed E-state index contributed by atoms with van der Waals surface area (Å²) >= 11 is 5.88. The molecule has 7 heteroatoms. The van der Waals surface area contributed by atoms with Crippen molar-refractivity contribution in [2.24, 2.45) is 0 Å². The van der Waals surface area contributed by atoms with Crippen molar-refractivity contribution in [2.45, 2.75) is 11.8 Å². The molecule has 1 aromatic carbocycles. The largest absolute Gasteiger partial charge is 0.398 e. The number of anilines is 1. The van der Waals surface area contributed by atoms with E-state index in [0.29, 0.717) is 42.6 Å². The molecule has 0 saturated carbocycles. The standard InChI is InChI=1S/C11H15ClN2O3S/c1-8-10(13)6-9(12)7-11(8)18(15,16)14-2-4-17-5-3-14/h6-7H,2-5,13H2,1H3. The number of ether oxygens (including phenoxy) is 1. The van der Waals surface area contributed by atoms with Gasteiger partial charge in [-0.25, -0.2) is 8.42 Å². The van der Waals surface area contributed by atoms with Gasteiger partial charge in [0.2, 0.25) is 10.0 Å². The predicted octanol–water partition coefficient (Wildman–Crippen LogP) is 1.25. The fourth-order valence-corrected chi connectivity index (χ4v) is 3.85. The van der Waals surface area contributed by atoms with E-state index in [-0.39, 0.29) is 4.90 Å². The molecule has 100 valence electrons. The zero-order valence-electron chi connectivity index (χ0n) is 10.0. The number of benzene rings is 1. The maximum atomic E-state index is 12.5. The van der Waals surface area contributed by atoms with Crippen LogP contribution >= 0.6 is 11.6 Å². The third kappa shape index (κ3) is 2.47. The highest BCUT2D eigenvalue weighted by Gasteiger charge is 2.28. The van der Waals surface area contributed by atoms with Crippen molar-refractivity contribution in [1.82, 2.24) is 4.31 Å². The van der Waals surface area contributed by atoms with Crippen LogP contribution in [0.1, 0.15) is 5.56 Å². The second-order valence-electron chi connectivity index (χ2n) is 4.13. The Hall–Kier alpha value is -0.820. The molecule has 0 unspecified atom stereocenters. The van der Waals surface area contributed by atoms with Gasteiger partial charge in [0.15, 0.2) is 0 Å². The molecule has 0 atom stereocenters. The number of sulfonamides is 1. The highest BCUT2D eigenvalue weighted by molar-refractivity contribution is 7.89. The number of halogens is 1. The second-order valence-corrected chi connectivity index (χ2v) is 6.48. The zero-order valence-corrected chi connectivity index (χ0v) is 11.6. The Morgan fingerprint density at radius 2 is 1.94 bits per heavy atom. The maximum Gasteiger partial charge on any atom is 0.243 e. The lowest BCUT2D eigenvalue weighted by Gasteiger charge is -2.27. The number of morpholine rings is 1. The van der Waals surface area contributed by atoms with Gasteiger partial charge in [0.05, 0.1) is 18.1 Å². The number of nitrogens with two attached hydrogens (primary N) is 1. The second kappa shape index (κ2) is 5.05. The Balaban J connectivity index is 2.46. The summed E-state index contributed by atoms with van der Waals surface area (Å²) < 4.78 is 31.5. The topological polar surface area (TPSA) is 72.6 Å². The van der Waals surface area contributed by atoms with Crippen molar-refractivity contribution >= 4 is 27.3 Å². The third-order valence-corrected chi connectivity index (χ3v) is 5.20. The molecule has 1 saturated heterocycles. The Morgan fingerprint density at radius 3 is 2.56 bits per heavy atom. The molecule has 0 bridgehead atoms. The highest BCUT2D eigenvalue weighted by atomic mass is 35.5. The van der Waals surface area contributed by atoms with E-state index >= 15 is 0 Å². The van der Waals surface area contributed by atoms with Gasteiger partial charge in [0.1, 0.15) is 0 Å². The van der Waals surface area contributed by atoms with Crippen molar-refractivity contribution in [2.75, 3.05) is 32.0 Å². The van der Waals surface area contributed by atoms with Crippen LogP contribution in [0.4, 0.5) is 5.69 Å². The summed E-state index contributed by atoms with van der Waals surface area (Å²) in [7, 11) is -3.55. The monoisotopic (exact) mass is 290 g/mol. The highest BCUT2D eigenvalue weighted by Crippen LogP contribution is 2.28. The predicted molar refractivity (Wildman–Crippen MR) is 70.2 cm³/mol. The van der Waals surface area contributed by atoms with Gasteiger partial charge < -0.3 is 10.5 Å². The summed E-state index contributed by atoms with van der Waals surface area (Å²) in [5, 5.41) is 0.324. The average molecular weight is 291 g/mol. The number of nitrogen functional groups attached to an aromatic ring is 1. The third-order valence-electron chi connectivity index (χ3n) is 2.95. The van der Waals surface area contributed by atoms with Crippen LogP contribution in [0.5, 0.6) is 0 Å². The number of nitrogens with zero attached hydrogens (tertiary/aromatic N) is 1. The summed E-state index contributed by atoms with van der Waals surface area (Å²) in [5.41, 5.74) is 6.67. The van der Waals surface area contributed by atoms with Crippen molar-refractivity contribution in [3.05, 3.63) is 22.7 Å². The lowest BCUT2D eigenvalue weighted by molar-refractivity contribution is 0.0730. The summed E-state index contributed by atoms with van der Waals surface area (Å²) in [5.74, 6) is 0. The minimum atomic E-state index is -3.55. The zero-order chi connectivity index (χ0) is 13.3. The molecule has 0 aliphatic carbocycles. The molecular formula is C11H15ClN2O3S. The quantitative estimate of drug-likeness (QED) is 0.832. The van der Waals surface area contributed by atoms with Crippen molar-refractivity contribution in [3.63, 3.8) is 0 Å². The van der Waals surface area contributed by atoms with Crippen LogP contribution in [0.2, 0.25) is 5.02 Å². The molecule has 18 heavy (non-hydrogen) atoms. The van der Waals surface area contributed by atoms with Crippen LogP contribution in [-0.2, 0) is 14.8 Å². The van der Waals surface area contributed by atoms with Gasteiger partial charge in [-0.3, -0.25) is 0 Å². The lowest BCUT2D eigenvalue weighted by atomic mass is 10.2. The van der Waals surface area contributed by atoms with Crippen LogP contribution in [0.15, 0.2) is 17.0 Å². The summed E-state index contributed by atoms with van der Waals surface area (Å²) in [6, 6.07) is 2.99. The first-order valence-electron chi connectivity index (χ1n) is 5.56. The van der Waals surface area contributed by atoms with Gasteiger partial charge in [-0.2, -0.15) is 4.31 Å². The van der Waals surface area contributed by atoms with Crippen molar-refractivity contribution in [1.29, 1.82) is 0 Å². The number of hydrogen-bond donors (Lipinski definition) is 1. The van der Waals surface area contributed by atoms with Gasteiger partial charge in [-0.15, -0.1) is 0 Å². The van der Waals surface area contributed by atoms with Gasteiger partial charge in [-0.1, -0.05) is 11.6 Å². The van der Waals surface area contributed by atoms with Crippen LogP contribution in [-0.4, -0.2) is 39.0 Å². The number of hydrogen-bond acceptors (Lipinski definition) is 4. The van der Waals surface area contributed by atoms with Gasteiger partial charge in [0.25, 0.3) is 0 Å². The number of rotatable bonds is 2. The maximum absolute atomic E-state index is 12.5. The molecule has 1 aromatic rings. The first-order valence-corrected chi connectivity index (χ1v) is 7.38. The normalized spacial score (nSPS) is 17.9. The smallest absolute Gasteiger partial charge is 0.243 e. The van der Waals surface area contributed by atoms with E-state index < -0.39 is 10.0 Å². The molecule has 1 aliphatic heterocycles. The fraction of sp³-hybridized carbons (Fsp3) is 0.455. The molecule has 1 fully saturated rings. The van der Waals surface area contributed by atoms with E-state index in [1.165, 1.54) is 10.4 Å². The summed E-state index contributed by atoms with van der Waals surface area (Å²) in [6.45, 7) is 3.21. The van der Waals surface area contributed by atoms with E-state index in [4.69, 9.17) is 22.1 Å². The van der Waals surface area contributed by atoms with Crippen LogP contribution in [0.3, 0.4) is 0 Å². The van der Waals surface area contributed by atoms with E-state index in [2.05, 4.69) is 0 Å². The average Bonchev–Trinajstić information content (AvgIpc) is 2.34. The van der Waals surface area contributed by atoms with Gasteiger partial charge in [0, 0.05) is 23.8 Å². The Bertz CT molecular complexity index is 554. The minimum Gasteiger partial charge on any atom is -0.398 e. The molecule has 5 nitrogen and oxygen atoms in total. The molecular weight excluding hydrogens is 276 g/mol. The van der Waals surface area contributed by atoms with Crippen molar-refractivity contribution < 1.29 is 13.2 Å². The molecule has 0 amide bonds. The van der Waals surface area contributed by atoms with Crippen molar-refractivity contribution in [3.8, 4) is 0 Å². The van der Waals surface area contributed by atoms with Gasteiger partial charge in [-0.05, 0) is 24.6 Å². The first kappa shape index (κ1) is 13.6. The summed E-state index contributed by atoms with van der Waals surface area (Å²) in [6.07, 6.45) is 0. The van der Waals surface area contributed by atoms with E-state index in [1.54, 1.807) is 13.0 Å². The summed E-state index contributed by atoms with van der Waals surface area (Å²) in [4.78, 5) is 0.175. The molecule has 0 aromatic heterocycles. The Labute approximate surface area is 112 Å². The molecule has 2 rings (SSSR count). The van der Waals surface area contributed by atoms with E-state index in [0.717, 1.165) is 0 Å². The minimum absolute atomic E-state index is 0.175.